The monoisotopic (exact) mass is 443 g/mol. The second-order valence-corrected chi connectivity index (χ2v) is 7.94. The first kappa shape index (κ1) is 22.5. The van der Waals surface area contributed by atoms with Crippen molar-refractivity contribution in [3.8, 4) is 5.69 Å². The van der Waals surface area contributed by atoms with E-state index >= 15 is 0 Å². The van der Waals surface area contributed by atoms with Gasteiger partial charge in [-0.2, -0.15) is 5.10 Å². The van der Waals surface area contributed by atoms with Gasteiger partial charge >= 0.3 is 16.8 Å². The summed E-state index contributed by atoms with van der Waals surface area (Å²) in [6.07, 6.45) is 0.854. The second kappa shape index (κ2) is 9.74. The summed E-state index contributed by atoms with van der Waals surface area (Å²) in [6.45, 7) is 6.15. The van der Waals surface area contributed by atoms with Crippen LogP contribution in [0.15, 0.2) is 34.4 Å². The number of hydrogen-bond donors (Lipinski definition) is 0. The molecular weight excluding hydrogens is 418 g/mol. The summed E-state index contributed by atoms with van der Waals surface area (Å²) >= 11 is 1.13. The van der Waals surface area contributed by atoms with Crippen molar-refractivity contribution in [2.75, 3.05) is 13.7 Å². The second-order valence-electron chi connectivity index (χ2n) is 7.11. The third-order valence-electron chi connectivity index (χ3n) is 5.12. The molecule has 0 bridgehead atoms. The molecule has 0 aliphatic carbocycles. The highest BCUT2D eigenvalue weighted by molar-refractivity contribution is 7.07. The largest absolute Gasteiger partial charge is 0.469 e. The molecule has 164 valence electrons. The van der Waals surface area contributed by atoms with Crippen molar-refractivity contribution in [2.24, 2.45) is 0 Å². The lowest BCUT2D eigenvalue weighted by Gasteiger charge is -2.08. The van der Waals surface area contributed by atoms with E-state index in [1.807, 2.05) is 20.8 Å². The molecule has 8 nitrogen and oxygen atoms in total. The number of benzene rings is 1. The fourth-order valence-electron chi connectivity index (χ4n) is 3.34. The summed E-state index contributed by atoms with van der Waals surface area (Å²) in [5.41, 5.74) is 4.88. The van der Waals surface area contributed by atoms with Gasteiger partial charge in [0.05, 0.1) is 30.6 Å². The number of carbonyl (C=O) groups is 2. The molecular formula is C22H25N3O5S. The maximum absolute atomic E-state index is 12.3. The van der Waals surface area contributed by atoms with Crippen LogP contribution >= 0.6 is 11.3 Å². The van der Waals surface area contributed by atoms with Crippen molar-refractivity contribution in [1.82, 2.24) is 14.3 Å². The molecule has 0 aliphatic heterocycles. The zero-order valence-electron chi connectivity index (χ0n) is 18.0. The van der Waals surface area contributed by atoms with Crippen molar-refractivity contribution in [3.05, 3.63) is 67.5 Å². The van der Waals surface area contributed by atoms with Gasteiger partial charge < -0.3 is 9.47 Å². The summed E-state index contributed by atoms with van der Waals surface area (Å²) in [5.74, 6) is -0.701. The van der Waals surface area contributed by atoms with Crippen LogP contribution in [0.25, 0.3) is 5.69 Å². The Kier molecular flexibility index (Phi) is 7.06. The molecule has 0 radical (unpaired) electrons. The summed E-state index contributed by atoms with van der Waals surface area (Å²) in [5, 5.41) is 6.35. The molecule has 0 amide bonds. The van der Waals surface area contributed by atoms with Crippen LogP contribution in [0.3, 0.4) is 0 Å². The molecule has 0 aliphatic rings. The van der Waals surface area contributed by atoms with Gasteiger partial charge in [-0.25, -0.2) is 9.48 Å². The number of nitrogens with zero attached hydrogens (tertiary/aromatic N) is 3. The lowest BCUT2D eigenvalue weighted by atomic mass is 10.1. The van der Waals surface area contributed by atoms with E-state index in [4.69, 9.17) is 9.47 Å². The number of esters is 2. The first-order chi connectivity index (χ1) is 14.8. The standard InChI is InChI=1S/C22H25N3O5S/c1-14-13-31-22(28)24(14)11-12-30-21(27)17-5-7-18(8-6-17)25-16(3)19(15(2)23-25)9-10-20(26)29-4/h5-8,13H,9-12H2,1-4H3. The molecule has 0 spiro atoms. The number of rotatable bonds is 8. The SMILES string of the molecule is COC(=O)CCc1c(C)nn(-c2ccc(C(=O)OCCn3c(C)csc3=O)cc2)c1C. The van der Waals surface area contributed by atoms with Crippen LogP contribution in [0.5, 0.6) is 0 Å². The Morgan fingerprint density at radius 2 is 1.84 bits per heavy atom. The number of aryl methyl sites for hydroxylation is 2. The van der Waals surface area contributed by atoms with Crippen LogP contribution in [-0.4, -0.2) is 40.0 Å². The minimum atomic E-state index is -0.445. The third kappa shape index (κ3) is 5.11. The highest BCUT2D eigenvalue weighted by Gasteiger charge is 2.15. The maximum atomic E-state index is 12.3. The Bertz CT molecular complexity index is 1140. The number of thiazole rings is 1. The predicted octanol–water partition coefficient (Wildman–Crippen LogP) is 2.98. The number of methoxy groups -OCH3 is 1. The van der Waals surface area contributed by atoms with Gasteiger partial charge in [0.1, 0.15) is 6.61 Å². The van der Waals surface area contributed by atoms with Crippen LogP contribution < -0.4 is 4.87 Å². The number of hydrogen-bond acceptors (Lipinski definition) is 7. The average molecular weight is 444 g/mol. The summed E-state index contributed by atoms with van der Waals surface area (Å²) in [7, 11) is 1.38. The Hall–Kier alpha value is -3.20. The van der Waals surface area contributed by atoms with E-state index in [0.717, 1.165) is 39.7 Å². The van der Waals surface area contributed by atoms with Gasteiger partial charge in [0, 0.05) is 23.2 Å². The van der Waals surface area contributed by atoms with Gasteiger partial charge in [-0.3, -0.25) is 14.2 Å². The maximum Gasteiger partial charge on any atom is 0.338 e. The number of carbonyl (C=O) groups excluding carboxylic acids is 2. The molecule has 2 aromatic heterocycles. The summed E-state index contributed by atoms with van der Waals surface area (Å²) < 4.78 is 13.4. The van der Waals surface area contributed by atoms with Gasteiger partial charge in [0.2, 0.25) is 0 Å². The molecule has 0 fully saturated rings. The molecule has 0 saturated carbocycles. The molecule has 9 heteroatoms. The molecule has 0 unspecified atom stereocenters. The highest BCUT2D eigenvalue weighted by Crippen LogP contribution is 2.20. The van der Waals surface area contributed by atoms with E-state index in [1.54, 1.807) is 38.9 Å². The summed E-state index contributed by atoms with van der Waals surface area (Å²) in [4.78, 5) is 35.4. The van der Waals surface area contributed by atoms with Gasteiger partial charge in [-0.15, -0.1) is 0 Å². The predicted molar refractivity (Wildman–Crippen MR) is 117 cm³/mol. The zero-order valence-corrected chi connectivity index (χ0v) is 18.8. The molecule has 3 rings (SSSR count). The third-order valence-corrected chi connectivity index (χ3v) is 6.00. The van der Waals surface area contributed by atoms with E-state index in [-0.39, 0.29) is 17.4 Å². The van der Waals surface area contributed by atoms with Crippen LogP contribution in [0.2, 0.25) is 0 Å². The lowest BCUT2D eigenvalue weighted by Crippen LogP contribution is -2.19. The lowest BCUT2D eigenvalue weighted by molar-refractivity contribution is -0.140. The highest BCUT2D eigenvalue weighted by atomic mass is 32.1. The Morgan fingerprint density at radius 3 is 2.45 bits per heavy atom. The first-order valence-corrected chi connectivity index (χ1v) is 10.7. The zero-order chi connectivity index (χ0) is 22.5. The van der Waals surface area contributed by atoms with E-state index in [0.29, 0.717) is 24.9 Å². The topological polar surface area (TPSA) is 92.4 Å². The molecule has 0 saturated heterocycles. The molecule has 3 aromatic rings. The fourth-order valence-corrected chi connectivity index (χ4v) is 4.10. The fraction of sp³-hybridized carbons (Fsp3) is 0.364. The molecule has 31 heavy (non-hydrogen) atoms. The van der Waals surface area contributed by atoms with Crippen molar-refractivity contribution in [1.29, 1.82) is 0 Å². The number of ether oxygens (including phenoxy) is 2. The Morgan fingerprint density at radius 1 is 1.13 bits per heavy atom. The molecule has 0 N–H and O–H groups in total. The first-order valence-electron chi connectivity index (χ1n) is 9.86. The smallest absolute Gasteiger partial charge is 0.338 e. The quantitative estimate of drug-likeness (QED) is 0.497. The normalized spacial score (nSPS) is 10.8. The molecule has 1 aromatic carbocycles. The summed E-state index contributed by atoms with van der Waals surface area (Å²) in [6, 6.07) is 6.97. The Labute approximate surface area is 184 Å². The van der Waals surface area contributed by atoms with Crippen LogP contribution in [0.4, 0.5) is 0 Å². The van der Waals surface area contributed by atoms with Crippen molar-refractivity contribution in [3.63, 3.8) is 0 Å². The minimum absolute atomic E-state index is 0.0613. The Balaban J connectivity index is 1.65. The van der Waals surface area contributed by atoms with Crippen LogP contribution in [-0.2, 0) is 27.2 Å². The van der Waals surface area contributed by atoms with E-state index in [1.165, 1.54) is 7.11 Å². The van der Waals surface area contributed by atoms with Gasteiger partial charge in [-0.1, -0.05) is 11.3 Å². The van der Waals surface area contributed by atoms with Crippen LogP contribution in [0.1, 0.15) is 39.4 Å². The minimum Gasteiger partial charge on any atom is -0.469 e. The molecule has 0 atom stereocenters. The van der Waals surface area contributed by atoms with Crippen molar-refractivity contribution >= 4 is 23.3 Å². The van der Waals surface area contributed by atoms with E-state index in [9.17, 15) is 14.4 Å². The van der Waals surface area contributed by atoms with E-state index < -0.39 is 5.97 Å². The molecule has 2 heterocycles. The van der Waals surface area contributed by atoms with E-state index in [2.05, 4.69) is 5.10 Å². The van der Waals surface area contributed by atoms with Crippen molar-refractivity contribution < 1.29 is 19.1 Å². The average Bonchev–Trinajstić information content (AvgIpc) is 3.24. The van der Waals surface area contributed by atoms with Gasteiger partial charge in [0.15, 0.2) is 0 Å². The van der Waals surface area contributed by atoms with Crippen LogP contribution in [0, 0.1) is 20.8 Å². The number of aromatic nitrogens is 3. The van der Waals surface area contributed by atoms with Gasteiger partial charge in [0.25, 0.3) is 0 Å². The van der Waals surface area contributed by atoms with Gasteiger partial charge in [-0.05, 0) is 57.0 Å². The van der Waals surface area contributed by atoms with Crippen molar-refractivity contribution in [2.45, 2.75) is 40.2 Å².